The Morgan fingerprint density at radius 3 is 1.94 bits per heavy atom. The number of rotatable bonds is 7. The molecule has 0 radical (unpaired) electrons. The molecule has 0 bridgehead atoms. The second-order valence-corrected chi connectivity index (χ2v) is 8.17. The van der Waals surface area contributed by atoms with Crippen molar-refractivity contribution in [2.24, 2.45) is 5.10 Å². The molecule has 36 heavy (non-hydrogen) atoms. The Morgan fingerprint density at radius 1 is 0.778 bits per heavy atom. The number of carbonyl (C=O) groups excluding carboxylic acids is 1. The molecule has 1 heterocycles. The Morgan fingerprint density at radius 2 is 1.36 bits per heavy atom. The fraction of sp³-hybridized carbons (Fsp3) is 0.241. The molecule has 0 aliphatic carbocycles. The number of benzene rings is 3. The number of hydrogen-bond acceptors (Lipinski definition) is 6. The monoisotopic (exact) mass is 486 g/mol. The highest BCUT2D eigenvalue weighted by atomic mass is 16.5. The maximum absolute atomic E-state index is 13.7. The third kappa shape index (κ3) is 4.40. The molecular formula is C29H30N2O5. The van der Waals surface area contributed by atoms with Crippen LogP contribution in [0.2, 0.25) is 0 Å². The molecule has 0 N–H and O–H groups in total. The summed E-state index contributed by atoms with van der Waals surface area (Å²) in [5, 5.41) is 6.44. The average Bonchev–Trinajstić information content (AvgIpc) is 3.05. The van der Waals surface area contributed by atoms with Crippen LogP contribution in [0.3, 0.4) is 0 Å². The number of nitrogens with zero attached hydrogens (tertiary/aromatic N) is 2. The lowest BCUT2D eigenvalue weighted by Crippen LogP contribution is -2.26. The highest BCUT2D eigenvalue weighted by molar-refractivity contribution is 6.17. The van der Waals surface area contributed by atoms with E-state index in [9.17, 15) is 4.79 Å². The summed E-state index contributed by atoms with van der Waals surface area (Å²) in [4.78, 5) is 13.7. The van der Waals surface area contributed by atoms with Gasteiger partial charge in [0, 0.05) is 22.4 Å². The molecule has 0 unspecified atom stereocenters. The first-order valence-corrected chi connectivity index (χ1v) is 11.6. The van der Waals surface area contributed by atoms with Crippen LogP contribution in [0.1, 0.15) is 47.3 Å². The quantitative estimate of drug-likeness (QED) is 0.424. The molecular weight excluding hydrogens is 456 g/mol. The SMILES string of the molecule is CCC1=C(C)N(C(=O)c2ccccc2)N=C(c2ccc(OC)c(OC)c2)c2cc(OC)c(OC)cc21. The molecule has 0 atom stereocenters. The zero-order valence-corrected chi connectivity index (χ0v) is 21.4. The molecule has 0 aromatic heterocycles. The minimum absolute atomic E-state index is 0.219. The molecule has 0 saturated heterocycles. The van der Waals surface area contributed by atoms with Crippen molar-refractivity contribution >= 4 is 17.2 Å². The average molecular weight is 487 g/mol. The maximum atomic E-state index is 13.7. The van der Waals surface area contributed by atoms with E-state index in [2.05, 4.69) is 6.92 Å². The summed E-state index contributed by atoms with van der Waals surface area (Å²) >= 11 is 0. The Balaban J connectivity index is 2.04. The van der Waals surface area contributed by atoms with Gasteiger partial charge in [-0.25, -0.2) is 5.01 Å². The first-order valence-electron chi connectivity index (χ1n) is 11.6. The van der Waals surface area contributed by atoms with E-state index in [0.717, 1.165) is 28.0 Å². The topological polar surface area (TPSA) is 69.6 Å². The number of amides is 1. The van der Waals surface area contributed by atoms with Crippen molar-refractivity contribution in [3.8, 4) is 23.0 Å². The van der Waals surface area contributed by atoms with Crippen LogP contribution < -0.4 is 18.9 Å². The standard InChI is InChI=1S/C29H30N2O5/c1-7-21-18(2)31(29(32)19-11-9-8-10-12-19)30-28(20-13-14-24(33-3)25(15-20)34-4)23-17-27(36-6)26(35-5)16-22(21)23/h8-17H,7H2,1-6H3. The molecule has 0 spiro atoms. The van der Waals surface area contributed by atoms with E-state index in [1.807, 2.05) is 55.5 Å². The van der Waals surface area contributed by atoms with Crippen molar-refractivity contribution in [3.05, 3.63) is 88.6 Å². The third-order valence-electron chi connectivity index (χ3n) is 6.28. The van der Waals surface area contributed by atoms with Crippen LogP contribution in [-0.2, 0) is 0 Å². The van der Waals surface area contributed by atoms with Gasteiger partial charge in [0.1, 0.15) is 0 Å². The van der Waals surface area contributed by atoms with Crippen molar-refractivity contribution in [1.82, 2.24) is 5.01 Å². The highest BCUT2D eigenvalue weighted by Gasteiger charge is 2.29. The fourth-order valence-corrected chi connectivity index (χ4v) is 4.42. The Labute approximate surface area is 211 Å². The smallest absolute Gasteiger partial charge is 0.278 e. The summed E-state index contributed by atoms with van der Waals surface area (Å²) in [5.74, 6) is 2.11. The Bertz CT molecular complexity index is 1350. The molecule has 3 aromatic rings. The molecule has 0 saturated carbocycles. The molecule has 7 nitrogen and oxygen atoms in total. The van der Waals surface area contributed by atoms with E-state index in [1.165, 1.54) is 5.01 Å². The zero-order chi connectivity index (χ0) is 25.8. The zero-order valence-electron chi connectivity index (χ0n) is 21.4. The number of methoxy groups -OCH3 is 4. The number of allylic oxidation sites excluding steroid dienone is 2. The normalized spacial score (nSPS) is 12.9. The third-order valence-corrected chi connectivity index (χ3v) is 6.28. The second-order valence-electron chi connectivity index (χ2n) is 8.17. The van der Waals surface area contributed by atoms with E-state index < -0.39 is 0 Å². The van der Waals surface area contributed by atoms with Crippen LogP contribution in [0.25, 0.3) is 5.57 Å². The van der Waals surface area contributed by atoms with Crippen molar-refractivity contribution in [1.29, 1.82) is 0 Å². The number of ether oxygens (including phenoxy) is 4. The number of hydrogen-bond donors (Lipinski definition) is 0. The van der Waals surface area contributed by atoms with Gasteiger partial charge in [0.2, 0.25) is 0 Å². The summed E-state index contributed by atoms with van der Waals surface area (Å²) in [7, 11) is 6.39. The van der Waals surface area contributed by atoms with Crippen LogP contribution >= 0.6 is 0 Å². The maximum Gasteiger partial charge on any atom is 0.278 e. The van der Waals surface area contributed by atoms with Gasteiger partial charge in [-0.3, -0.25) is 4.79 Å². The second kappa shape index (κ2) is 10.6. The molecule has 1 amide bonds. The van der Waals surface area contributed by atoms with Crippen molar-refractivity contribution in [2.45, 2.75) is 20.3 Å². The predicted octanol–water partition coefficient (Wildman–Crippen LogP) is 5.77. The van der Waals surface area contributed by atoms with Crippen molar-refractivity contribution < 1.29 is 23.7 Å². The van der Waals surface area contributed by atoms with Gasteiger partial charge in [0.15, 0.2) is 23.0 Å². The minimum Gasteiger partial charge on any atom is -0.493 e. The predicted molar refractivity (Wildman–Crippen MR) is 140 cm³/mol. The molecule has 1 aliphatic rings. The first-order chi connectivity index (χ1) is 17.5. The lowest BCUT2D eigenvalue weighted by Gasteiger charge is -2.20. The number of fused-ring (bicyclic) bond motifs is 1. The largest absolute Gasteiger partial charge is 0.493 e. The first kappa shape index (κ1) is 24.9. The van der Waals surface area contributed by atoms with Crippen LogP contribution in [0.15, 0.2) is 71.5 Å². The lowest BCUT2D eigenvalue weighted by molar-refractivity contribution is 0.0811. The van der Waals surface area contributed by atoms with E-state index >= 15 is 0 Å². The van der Waals surface area contributed by atoms with E-state index in [0.29, 0.717) is 40.7 Å². The number of carbonyl (C=O) groups is 1. The summed E-state index contributed by atoms with van der Waals surface area (Å²) in [6.45, 7) is 3.98. The van der Waals surface area contributed by atoms with Crippen molar-refractivity contribution in [2.75, 3.05) is 28.4 Å². The van der Waals surface area contributed by atoms with Gasteiger partial charge in [-0.2, -0.15) is 5.10 Å². The Hall–Kier alpha value is -4.26. The fourth-order valence-electron chi connectivity index (χ4n) is 4.42. The molecule has 1 aliphatic heterocycles. The summed E-state index contributed by atoms with van der Waals surface area (Å²) in [6.07, 6.45) is 0.682. The Kier molecular flexibility index (Phi) is 7.29. The molecule has 4 rings (SSSR count). The minimum atomic E-state index is -0.219. The van der Waals surface area contributed by atoms with Crippen LogP contribution in [-0.4, -0.2) is 45.1 Å². The highest BCUT2D eigenvalue weighted by Crippen LogP contribution is 2.40. The molecule has 7 heteroatoms. The molecule has 3 aromatic carbocycles. The lowest BCUT2D eigenvalue weighted by atomic mass is 9.91. The van der Waals surface area contributed by atoms with Gasteiger partial charge in [-0.05, 0) is 66.9 Å². The number of hydrazone groups is 1. The van der Waals surface area contributed by atoms with Gasteiger partial charge in [-0.1, -0.05) is 25.1 Å². The van der Waals surface area contributed by atoms with E-state index in [-0.39, 0.29) is 5.91 Å². The van der Waals surface area contributed by atoms with Gasteiger partial charge in [-0.15, -0.1) is 0 Å². The van der Waals surface area contributed by atoms with Crippen LogP contribution in [0, 0.1) is 0 Å². The van der Waals surface area contributed by atoms with E-state index in [4.69, 9.17) is 24.0 Å². The summed E-state index contributed by atoms with van der Waals surface area (Å²) < 4.78 is 22.2. The summed E-state index contributed by atoms with van der Waals surface area (Å²) in [6, 6.07) is 18.6. The van der Waals surface area contributed by atoms with E-state index in [1.54, 1.807) is 40.6 Å². The summed E-state index contributed by atoms with van der Waals surface area (Å²) in [5.41, 5.74) is 5.37. The van der Waals surface area contributed by atoms with Gasteiger partial charge in [0.25, 0.3) is 5.91 Å². The molecule has 186 valence electrons. The van der Waals surface area contributed by atoms with Crippen LogP contribution in [0.5, 0.6) is 23.0 Å². The van der Waals surface area contributed by atoms with Crippen molar-refractivity contribution in [3.63, 3.8) is 0 Å². The van der Waals surface area contributed by atoms with Gasteiger partial charge < -0.3 is 18.9 Å². The van der Waals surface area contributed by atoms with Gasteiger partial charge in [0.05, 0.1) is 34.2 Å². The van der Waals surface area contributed by atoms with Gasteiger partial charge >= 0.3 is 0 Å². The molecule has 0 fully saturated rings. The van der Waals surface area contributed by atoms with Crippen LogP contribution in [0.4, 0.5) is 0 Å².